The van der Waals surface area contributed by atoms with Crippen molar-refractivity contribution in [1.29, 1.82) is 0 Å². The number of halogens is 1. The molecule has 0 atom stereocenters. The molecule has 1 rings (SSSR count). The van der Waals surface area contributed by atoms with Crippen LogP contribution in [-0.4, -0.2) is 25.0 Å². The minimum absolute atomic E-state index is 0.0908. The second-order valence-corrected chi connectivity index (χ2v) is 2.67. The van der Waals surface area contributed by atoms with Crippen LogP contribution < -0.4 is 0 Å². The molecule has 0 unspecified atom stereocenters. The lowest BCUT2D eigenvalue weighted by molar-refractivity contribution is 0.324. The molecule has 1 aliphatic rings. The molecule has 2 heteroatoms. The van der Waals surface area contributed by atoms with Crippen molar-refractivity contribution in [3.8, 4) is 0 Å². The van der Waals surface area contributed by atoms with Gasteiger partial charge in [0, 0.05) is 19.5 Å². The first-order valence-electron chi connectivity index (χ1n) is 3.23. The predicted octanol–water partition coefficient (Wildman–Crippen LogP) is 1.57. The molecule has 0 saturated heterocycles. The summed E-state index contributed by atoms with van der Waals surface area (Å²) in [6.07, 6.45) is 0.600. The molecule has 9 heavy (non-hydrogen) atoms. The maximum atomic E-state index is 12.6. The second kappa shape index (κ2) is 2.48. The van der Waals surface area contributed by atoms with Crippen LogP contribution in [0.4, 0.5) is 4.39 Å². The molecule has 0 aliphatic carbocycles. The number of hydrogen-bond acceptors (Lipinski definition) is 1. The first kappa shape index (κ1) is 6.75. The monoisotopic (exact) mass is 129 g/mol. The maximum Gasteiger partial charge on any atom is 0.101 e. The summed E-state index contributed by atoms with van der Waals surface area (Å²) in [4.78, 5) is 2.12. The third-order valence-corrected chi connectivity index (χ3v) is 1.68. The highest BCUT2D eigenvalue weighted by Gasteiger charge is 2.11. The first-order chi connectivity index (χ1) is 4.20. The van der Waals surface area contributed by atoms with Gasteiger partial charge in [0.15, 0.2) is 0 Å². The van der Waals surface area contributed by atoms with Gasteiger partial charge >= 0.3 is 0 Å². The molecule has 1 heterocycles. The van der Waals surface area contributed by atoms with Crippen LogP contribution in [0.5, 0.6) is 0 Å². The van der Waals surface area contributed by atoms with Gasteiger partial charge in [-0.2, -0.15) is 0 Å². The Hall–Kier alpha value is -0.370. The lowest BCUT2D eigenvalue weighted by Gasteiger charge is -2.21. The minimum atomic E-state index is 0.0908. The van der Waals surface area contributed by atoms with Crippen LogP contribution in [0.1, 0.15) is 13.3 Å². The fraction of sp³-hybridized carbons (Fsp3) is 0.714. The zero-order valence-electron chi connectivity index (χ0n) is 5.95. The van der Waals surface area contributed by atoms with Crippen LogP contribution in [0.2, 0.25) is 0 Å². The Morgan fingerprint density at radius 3 is 2.67 bits per heavy atom. The second-order valence-electron chi connectivity index (χ2n) is 2.67. The molecule has 0 fully saturated rings. The van der Waals surface area contributed by atoms with Crippen molar-refractivity contribution in [1.82, 2.24) is 4.90 Å². The third kappa shape index (κ3) is 1.52. The summed E-state index contributed by atoms with van der Waals surface area (Å²) in [7, 11) is 2.01. The molecule has 0 aromatic carbocycles. The van der Waals surface area contributed by atoms with Gasteiger partial charge in [-0.1, -0.05) is 0 Å². The average Bonchev–Trinajstić information content (AvgIpc) is 1.80. The van der Waals surface area contributed by atoms with Crippen molar-refractivity contribution in [2.75, 3.05) is 20.1 Å². The number of hydrogen-bond donors (Lipinski definition) is 0. The van der Waals surface area contributed by atoms with E-state index in [1.54, 1.807) is 0 Å². The van der Waals surface area contributed by atoms with Crippen molar-refractivity contribution < 1.29 is 4.39 Å². The SMILES string of the molecule is CC1=C(F)CCN(C)C1. The molecule has 0 aromatic rings. The summed E-state index contributed by atoms with van der Waals surface area (Å²) < 4.78 is 12.6. The van der Waals surface area contributed by atoms with Crippen molar-refractivity contribution in [3.63, 3.8) is 0 Å². The number of nitrogens with zero attached hydrogens (tertiary/aromatic N) is 1. The van der Waals surface area contributed by atoms with Gasteiger partial charge in [-0.3, -0.25) is 0 Å². The van der Waals surface area contributed by atoms with Crippen molar-refractivity contribution in [2.24, 2.45) is 0 Å². The molecule has 0 radical (unpaired) electrons. The van der Waals surface area contributed by atoms with Gasteiger partial charge in [0.25, 0.3) is 0 Å². The Bertz CT molecular complexity index is 140. The molecule has 52 valence electrons. The van der Waals surface area contributed by atoms with E-state index in [9.17, 15) is 4.39 Å². The molecule has 0 spiro atoms. The van der Waals surface area contributed by atoms with Gasteiger partial charge in [-0.15, -0.1) is 0 Å². The third-order valence-electron chi connectivity index (χ3n) is 1.68. The minimum Gasteiger partial charge on any atom is -0.302 e. The van der Waals surface area contributed by atoms with E-state index in [2.05, 4.69) is 4.90 Å². The van der Waals surface area contributed by atoms with Gasteiger partial charge in [0.2, 0.25) is 0 Å². The van der Waals surface area contributed by atoms with Crippen LogP contribution in [0, 0.1) is 0 Å². The van der Waals surface area contributed by atoms with E-state index >= 15 is 0 Å². The Kier molecular flexibility index (Phi) is 1.86. The molecule has 0 saturated carbocycles. The summed E-state index contributed by atoms with van der Waals surface area (Å²) in [5.74, 6) is 0.0908. The summed E-state index contributed by atoms with van der Waals surface area (Å²) in [5, 5.41) is 0. The van der Waals surface area contributed by atoms with Gasteiger partial charge in [-0.05, 0) is 19.5 Å². The highest BCUT2D eigenvalue weighted by atomic mass is 19.1. The molecule has 0 N–H and O–H groups in total. The van der Waals surface area contributed by atoms with Gasteiger partial charge in [0.1, 0.15) is 5.83 Å². The van der Waals surface area contributed by atoms with E-state index in [-0.39, 0.29) is 5.83 Å². The molecular formula is C7H12FN. The largest absolute Gasteiger partial charge is 0.302 e. The summed E-state index contributed by atoms with van der Waals surface area (Å²) in [5.41, 5.74) is 0.892. The van der Waals surface area contributed by atoms with E-state index in [1.807, 2.05) is 14.0 Å². The zero-order valence-corrected chi connectivity index (χ0v) is 5.95. The van der Waals surface area contributed by atoms with Crippen molar-refractivity contribution in [2.45, 2.75) is 13.3 Å². The fourth-order valence-electron chi connectivity index (χ4n) is 1.07. The van der Waals surface area contributed by atoms with E-state index in [0.717, 1.165) is 18.7 Å². The Morgan fingerprint density at radius 2 is 2.22 bits per heavy atom. The standard InChI is InChI=1S/C7H12FN/c1-6-5-9(2)4-3-7(6)8/h3-5H2,1-2H3. The molecule has 1 nitrogen and oxygen atoms in total. The Labute approximate surface area is 55.2 Å². The maximum absolute atomic E-state index is 12.6. The van der Waals surface area contributed by atoms with Gasteiger partial charge < -0.3 is 4.90 Å². The molecule has 0 aromatic heterocycles. The van der Waals surface area contributed by atoms with E-state index < -0.39 is 0 Å². The van der Waals surface area contributed by atoms with Gasteiger partial charge in [0.05, 0.1) is 0 Å². The molecular weight excluding hydrogens is 117 g/mol. The van der Waals surface area contributed by atoms with E-state index in [4.69, 9.17) is 0 Å². The van der Waals surface area contributed by atoms with E-state index in [0.29, 0.717) is 6.42 Å². The Balaban J connectivity index is 2.61. The predicted molar refractivity (Wildman–Crippen MR) is 35.9 cm³/mol. The van der Waals surface area contributed by atoms with Crippen LogP contribution in [0.3, 0.4) is 0 Å². The molecule has 0 bridgehead atoms. The smallest absolute Gasteiger partial charge is 0.101 e. The molecule has 1 aliphatic heterocycles. The Morgan fingerprint density at radius 1 is 1.56 bits per heavy atom. The fourth-order valence-corrected chi connectivity index (χ4v) is 1.07. The normalized spacial score (nSPS) is 23.0. The van der Waals surface area contributed by atoms with E-state index in [1.165, 1.54) is 0 Å². The number of rotatable bonds is 0. The topological polar surface area (TPSA) is 3.24 Å². The molecule has 0 amide bonds. The highest BCUT2D eigenvalue weighted by Crippen LogP contribution is 2.16. The van der Waals surface area contributed by atoms with Crippen LogP contribution in [0.25, 0.3) is 0 Å². The van der Waals surface area contributed by atoms with Crippen molar-refractivity contribution >= 4 is 0 Å². The highest BCUT2D eigenvalue weighted by molar-refractivity contribution is 5.10. The average molecular weight is 129 g/mol. The van der Waals surface area contributed by atoms with Crippen molar-refractivity contribution in [3.05, 3.63) is 11.4 Å². The lowest BCUT2D eigenvalue weighted by Crippen LogP contribution is -2.26. The summed E-state index contributed by atoms with van der Waals surface area (Å²) in [6, 6.07) is 0. The van der Waals surface area contributed by atoms with Gasteiger partial charge in [-0.25, -0.2) is 4.39 Å². The van der Waals surface area contributed by atoms with Crippen LogP contribution in [0.15, 0.2) is 11.4 Å². The van der Waals surface area contributed by atoms with Crippen LogP contribution in [-0.2, 0) is 0 Å². The zero-order chi connectivity index (χ0) is 6.85. The lowest BCUT2D eigenvalue weighted by atomic mass is 10.1. The summed E-state index contributed by atoms with van der Waals surface area (Å²) in [6.45, 7) is 3.51. The van der Waals surface area contributed by atoms with Crippen LogP contribution >= 0.6 is 0 Å². The first-order valence-corrected chi connectivity index (χ1v) is 3.23. The quantitative estimate of drug-likeness (QED) is 0.480. The number of likely N-dealkylation sites (N-methyl/N-ethyl adjacent to an activating group) is 1. The summed E-state index contributed by atoms with van der Waals surface area (Å²) >= 11 is 0.